The summed E-state index contributed by atoms with van der Waals surface area (Å²) in [6.45, 7) is 3.13. The Labute approximate surface area is 144 Å². The molecule has 0 unspecified atom stereocenters. The zero-order valence-corrected chi connectivity index (χ0v) is 14.4. The summed E-state index contributed by atoms with van der Waals surface area (Å²) in [5, 5.41) is 13.6. The fourth-order valence-electron chi connectivity index (χ4n) is 3.95. The third-order valence-corrected chi connectivity index (χ3v) is 5.36. The maximum Gasteiger partial charge on any atom is 0.223 e. The van der Waals surface area contributed by atoms with Gasteiger partial charge in [0.25, 0.3) is 0 Å². The van der Waals surface area contributed by atoms with E-state index in [2.05, 4.69) is 16.3 Å². The lowest BCUT2D eigenvalue weighted by Crippen LogP contribution is -2.46. The monoisotopic (exact) mass is 332 g/mol. The molecule has 1 amide bonds. The number of nitrogens with one attached hydrogen (secondary N) is 1. The maximum absolute atomic E-state index is 12.2. The van der Waals surface area contributed by atoms with Crippen molar-refractivity contribution in [2.24, 2.45) is 5.92 Å². The van der Waals surface area contributed by atoms with E-state index in [1.165, 1.54) is 5.56 Å². The van der Waals surface area contributed by atoms with Crippen LogP contribution in [0.5, 0.6) is 0 Å². The predicted octanol–water partition coefficient (Wildman–Crippen LogP) is 1.51. The molecule has 0 spiro atoms. The molecule has 132 valence electrons. The van der Waals surface area contributed by atoms with Crippen LogP contribution in [0.4, 0.5) is 0 Å². The third-order valence-electron chi connectivity index (χ3n) is 5.36. The highest BCUT2D eigenvalue weighted by molar-refractivity contribution is 5.78. The van der Waals surface area contributed by atoms with Crippen LogP contribution >= 0.6 is 0 Å². The van der Waals surface area contributed by atoms with E-state index in [1.807, 2.05) is 18.2 Å². The molecule has 1 aromatic rings. The molecule has 0 saturated carbocycles. The lowest BCUT2D eigenvalue weighted by atomic mass is 9.94. The van der Waals surface area contributed by atoms with Gasteiger partial charge in [0.2, 0.25) is 5.91 Å². The summed E-state index contributed by atoms with van der Waals surface area (Å²) in [6, 6.07) is 8.32. The largest absolute Gasteiger partial charge is 0.387 e. The van der Waals surface area contributed by atoms with Gasteiger partial charge in [0.05, 0.1) is 6.10 Å². The molecule has 2 N–H and O–H groups in total. The highest BCUT2D eigenvalue weighted by Crippen LogP contribution is 2.35. The molecular formula is C19H28N2O3. The molecule has 24 heavy (non-hydrogen) atoms. The van der Waals surface area contributed by atoms with Gasteiger partial charge < -0.3 is 15.2 Å². The van der Waals surface area contributed by atoms with Gasteiger partial charge in [0.1, 0.15) is 0 Å². The van der Waals surface area contributed by atoms with Crippen molar-refractivity contribution in [1.29, 1.82) is 0 Å². The molecule has 1 heterocycles. The van der Waals surface area contributed by atoms with Crippen LogP contribution in [0.1, 0.15) is 36.5 Å². The third kappa shape index (κ3) is 3.79. The molecular weight excluding hydrogens is 304 g/mol. The van der Waals surface area contributed by atoms with Crippen LogP contribution in [0.2, 0.25) is 0 Å². The fourth-order valence-corrected chi connectivity index (χ4v) is 3.95. The zero-order chi connectivity index (χ0) is 16.9. The first kappa shape index (κ1) is 17.4. The second-order valence-electron chi connectivity index (χ2n) is 6.86. The Morgan fingerprint density at radius 3 is 2.79 bits per heavy atom. The van der Waals surface area contributed by atoms with Crippen LogP contribution in [0.3, 0.4) is 0 Å². The van der Waals surface area contributed by atoms with Gasteiger partial charge in [0.15, 0.2) is 0 Å². The van der Waals surface area contributed by atoms with Crippen molar-refractivity contribution in [3.05, 3.63) is 35.4 Å². The lowest BCUT2D eigenvalue weighted by Gasteiger charge is -2.36. The number of carbonyl (C=O) groups is 1. The summed E-state index contributed by atoms with van der Waals surface area (Å²) in [5.74, 6) is 0.269. The van der Waals surface area contributed by atoms with Gasteiger partial charge in [-0.3, -0.25) is 9.69 Å². The van der Waals surface area contributed by atoms with Crippen molar-refractivity contribution in [3.63, 3.8) is 0 Å². The molecule has 3 rings (SSSR count). The number of amides is 1. The topological polar surface area (TPSA) is 61.8 Å². The van der Waals surface area contributed by atoms with Gasteiger partial charge in [-0.25, -0.2) is 0 Å². The first-order chi connectivity index (χ1) is 11.7. The number of fused-ring (bicyclic) bond motifs is 1. The van der Waals surface area contributed by atoms with E-state index in [-0.39, 0.29) is 17.9 Å². The zero-order valence-electron chi connectivity index (χ0n) is 14.4. The van der Waals surface area contributed by atoms with Gasteiger partial charge in [-0.05, 0) is 49.9 Å². The summed E-state index contributed by atoms with van der Waals surface area (Å²) in [4.78, 5) is 14.6. The number of piperidine rings is 1. The number of aliphatic hydroxyl groups excluding tert-OH is 1. The Balaban J connectivity index is 1.47. The molecule has 1 aliphatic carbocycles. The minimum absolute atomic E-state index is 0.102. The number of rotatable bonds is 6. The molecule has 2 aliphatic rings. The Morgan fingerprint density at radius 2 is 2.08 bits per heavy atom. The van der Waals surface area contributed by atoms with E-state index >= 15 is 0 Å². The Kier molecular flexibility index (Phi) is 5.87. The van der Waals surface area contributed by atoms with Crippen molar-refractivity contribution < 1.29 is 14.6 Å². The highest BCUT2D eigenvalue weighted by Gasteiger charge is 2.37. The molecule has 5 nitrogen and oxygen atoms in total. The summed E-state index contributed by atoms with van der Waals surface area (Å²) < 4.78 is 5.00. The second kappa shape index (κ2) is 8.10. The van der Waals surface area contributed by atoms with E-state index in [9.17, 15) is 9.90 Å². The number of ether oxygens (including phenoxy) is 1. The van der Waals surface area contributed by atoms with Crippen molar-refractivity contribution in [2.75, 3.05) is 33.4 Å². The van der Waals surface area contributed by atoms with Crippen LogP contribution in [-0.4, -0.2) is 55.3 Å². The number of carbonyl (C=O) groups excluding carboxylic acids is 1. The number of hydrogen-bond acceptors (Lipinski definition) is 4. The van der Waals surface area contributed by atoms with Crippen LogP contribution in [0, 0.1) is 5.92 Å². The van der Waals surface area contributed by atoms with Gasteiger partial charge in [0, 0.05) is 32.2 Å². The second-order valence-corrected chi connectivity index (χ2v) is 6.86. The molecule has 1 fully saturated rings. The van der Waals surface area contributed by atoms with E-state index in [1.54, 1.807) is 7.11 Å². The molecule has 0 aromatic heterocycles. The molecule has 1 saturated heterocycles. The first-order valence-electron chi connectivity index (χ1n) is 8.97. The van der Waals surface area contributed by atoms with Gasteiger partial charge in [-0.2, -0.15) is 0 Å². The Hall–Kier alpha value is -1.43. The van der Waals surface area contributed by atoms with E-state index in [0.717, 1.165) is 44.3 Å². The van der Waals surface area contributed by atoms with Gasteiger partial charge >= 0.3 is 0 Å². The summed E-state index contributed by atoms with van der Waals surface area (Å²) >= 11 is 0. The minimum atomic E-state index is -0.402. The molecule has 0 radical (unpaired) electrons. The number of hydrogen-bond donors (Lipinski definition) is 2. The number of nitrogens with zero attached hydrogens (tertiary/aromatic N) is 1. The minimum Gasteiger partial charge on any atom is -0.387 e. The normalized spacial score (nSPS) is 24.8. The summed E-state index contributed by atoms with van der Waals surface area (Å²) in [5.41, 5.74) is 2.33. The number of likely N-dealkylation sites (tertiary alicyclic amines) is 1. The van der Waals surface area contributed by atoms with Crippen LogP contribution in [0.15, 0.2) is 24.3 Å². The maximum atomic E-state index is 12.2. The highest BCUT2D eigenvalue weighted by atomic mass is 16.5. The molecule has 1 aromatic carbocycles. The molecule has 2 atom stereocenters. The SMILES string of the molecule is COCCCNC(=O)C1CCN([C@@H]2Cc3ccccc3[C@@H]2O)CC1. The number of benzene rings is 1. The van der Waals surface area contributed by atoms with Crippen molar-refractivity contribution in [1.82, 2.24) is 10.2 Å². The molecule has 5 heteroatoms. The molecule has 1 aliphatic heterocycles. The average Bonchev–Trinajstić information content (AvgIpc) is 2.96. The van der Waals surface area contributed by atoms with Crippen LogP contribution < -0.4 is 5.32 Å². The smallest absolute Gasteiger partial charge is 0.223 e. The Morgan fingerprint density at radius 1 is 1.33 bits per heavy atom. The number of aliphatic hydroxyl groups is 1. The quantitative estimate of drug-likeness (QED) is 0.775. The van der Waals surface area contributed by atoms with Gasteiger partial charge in [-0.15, -0.1) is 0 Å². The van der Waals surface area contributed by atoms with E-state index < -0.39 is 6.10 Å². The Bertz CT molecular complexity index is 555. The van der Waals surface area contributed by atoms with E-state index in [0.29, 0.717) is 13.2 Å². The van der Waals surface area contributed by atoms with Crippen LogP contribution in [-0.2, 0) is 16.0 Å². The lowest BCUT2D eigenvalue weighted by molar-refractivity contribution is -0.126. The molecule has 0 bridgehead atoms. The fraction of sp³-hybridized carbons (Fsp3) is 0.632. The number of methoxy groups -OCH3 is 1. The predicted molar refractivity (Wildman–Crippen MR) is 92.7 cm³/mol. The van der Waals surface area contributed by atoms with Gasteiger partial charge in [-0.1, -0.05) is 24.3 Å². The standard InChI is InChI=1S/C19H28N2O3/c1-24-12-4-9-20-19(23)14-7-10-21(11-8-14)17-13-15-5-2-3-6-16(15)18(17)22/h2-3,5-6,14,17-18,22H,4,7-13H2,1H3,(H,20,23)/t17-,18+/m1/s1. The van der Waals surface area contributed by atoms with E-state index in [4.69, 9.17) is 4.74 Å². The summed E-state index contributed by atoms with van der Waals surface area (Å²) in [7, 11) is 1.67. The van der Waals surface area contributed by atoms with Crippen molar-refractivity contribution in [3.8, 4) is 0 Å². The first-order valence-corrected chi connectivity index (χ1v) is 8.97. The van der Waals surface area contributed by atoms with Crippen molar-refractivity contribution in [2.45, 2.75) is 37.8 Å². The van der Waals surface area contributed by atoms with Crippen LogP contribution in [0.25, 0.3) is 0 Å². The van der Waals surface area contributed by atoms with Crippen molar-refractivity contribution >= 4 is 5.91 Å². The summed E-state index contributed by atoms with van der Waals surface area (Å²) in [6.07, 6.45) is 3.10. The average molecular weight is 332 g/mol.